The van der Waals surface area contributed by atoms with Crippen LogP contribution in [0.25, 0.3) is 0 Å². The van der Waals surface area contributed by atoms with E-state index in [0.29, 0.717) is 18.7 Å². The minimum atomic E-state index is -0.594. The quantitative estimate of drug-likeness (QED) is 0.861. The zero-order valence-corrected chi connectivity index (χ0v) is 10.9. The van der Waals surface area contributed by atoms with Gasteiger partial charge < -0.3 is 15.6 Å². The highest BCUT2D eigenvalue weighted by atomic mass is 16.5. The first-order chi connectivity index (χ1) is 9.20. The Morgan fingerprint density at radius 2 is 2.21 bits per heavy atom. The van der Waals surface area contributed by atoms with Crippen LogP contribution in [0.4, 0.5) is 5.69 Å². The maximum atomic E-state index is 10.3. The second-order valence-electron chi connectivity index (χ2n) is 4.47. The summed E-state index contributed by atoms with van der Waals surface area (Å²) in [6, 6.07) is 9.47. The normalized spacial score (nSPS) is 12.3. The zero-order valence-electron chi connectivity index (χ0n) is 10.9. The van der Waals surface area contributed by atoms with Crippen LogP contribution in [0.15, 0.2) is 42.7 Å². The van der Waals surface area contributed by atoms with E-state index < -0.39 is 6.10 Å². The van der Waals surface area contributed by atoms with Gasteiger partial charge in [0.1, 0.15) is 0 Å². The molecule has 1 atom stereocenters. The van der Waals surface area contributed by atoms with Crippen molar-refractivity contribution in [1.29, 1.82) is 0 Å². The van der Waals surface area contributed by atoms with Crippen LogP contribution >= 0.6 is 0 Å². The Hall–Kier alpha value is -1.91. The van der Waals surface area contributed by atoms with Gasteiger partial charge in [-0.2, -0.15) is 0 Å². The fourth-order valence-electron chi connectivity index (χ4n) is 1.99. The first-order valence-corrected chi connectivity index (χ1v) is 6.15. The number of aliphatic hydroxyl groups excluding tert-OH is 1. The van der Waals surface area contributed by atoms with Crippen molar-refractivity contribution in [3.8, 4) is 0 Å². The molecular weight excluding hydrogens is 240 g/mol. The summed E-state index contributed by atoms with van der Waals surface area (Å²) in [7, 11) is 1.65. The molecule has 0 radical (unpaired) electrons. The number of methoxy groups -OCH3 is 1. The van der Waals surface area contributed by atoms with Crippen LogP contribution < -0.4 is 5.73 Å². The average Bonchev–Trinajstić information content (AvgIpc) is 2.42. The molecule has 0 aliphatic carbocycles. The summed E-state index contributed by atoms with van der Waals surface area (Å²) in [4.78, 5) is 4.03. The fraction of sp³-hybridized carbons (Fsp3) is 0.267. The number of rotatable bonds is 5. The third kappa shape index (κ3) is 3.53. The molecule has 0 amide bonds. The zero-order chi connectivity index (χ0) is 13.7. The van der Waals surface area contributed by atoms with Gasteiger partial charge in [0, 0.05) is 31.6 Å². The Morgan fingerprint density at radius 3 is 2.95 bits per heavy atom. The van der Waals surface area contributed by atoms with E-state index in [1.54, 1.807) is 25.6 Å². The van der Waals surface area contributed by atoms with Crippen molar-refractivity contribution in [1.82, 2.24) is 4.98 Å². The minimum absolute atomic E-state index is 0.454. The second kappa shape index (κ2) is 6.31. The van der Waals surface area contributed by atoms with Crippen molar-refractivity contribution in [2.75, 3.05) is 12.8 Å². The van der Waals surface area contributed by atoms with E-state index in [2.05, 4.69) is 4.98 Å². The lowest BCUT2D eigenvalue weighted by Gasteiger charge is -2.13. The molecule has 2 aromatic rings. The molecule has 1 aromatic heterocycles. The number of nitrogens with zero attached hydrogens (tertiary/aromatic N) is 1. The number of aliphatic hydroxyl groups is 1. The standard InChI is InChI=1S/C15H18N2O2/c1-19-10-11-3-2-4-12(7-11)15(18)8-13-9-17-6-5-14(13)16/h2-7,9,15,18H,8,10H2,1H3,(H2,16,17). The monoisotopic (exact) mass is 258 g/mol. The second-order valence-corrected chi connectivity index (χ2v) is 4.47. The molecule has 0 saturated heterocycles. The summed E-state index contributed by atoms with van der Waals surface area (Å²) >= 11 is 0. The Balaban J connectivity index is 2.13. The number of hydrogen-bond donors (Lipinski definition) is 2. The summed E-state index contributed by atoms with van der Waals surface area (Å²) in [5.41, 5.74) is 9.26. The molecule has 0 saturated carbocycles. The van der Waals surface area contributed by atoms with Gasteiger partial charge in [-0.15, -0.1) is 0 Å². The van der Waals surface area contributed by atoms with Crippen molar-refractivity contribution in [2.24, 2.45) is 0 Å². The van der Waals surface area contributed by atoms with Crippen molar-refractivity contribution in [3.63, 3.8) is 0 Å². The van der Waals surface area contributed by atoms with Crippen LogP contribution in [0.5, 0.6) is 0 Å². The fourth-order valence-corrected chi connectivity index (χ4v) is 1.99. The van der Waals surface area contributed by atoms with Crippen LogP contribution in [0.3, 0.4) is 0 Å². The lowest BCUT2D eigenvalue weighted by atomic mass is 10.00. The van der Waals surface area contributed by atoms with Gasteiger partial charge in [-0.25, -0.2) is 0 Å². The van der Waals surface area contributed by atoms with Crippen LogP contribution in [-0.2, 0) is 17.8 Å². The van der Waals surface area contributed by atoms with E-state index in [-0.39, 0.29) is 0 Å². The largest absolute Gasteiger partial charge is 0.398 e. The van der Waals surface area contributed by atoms with Gasteiger partial charge in [-0.1, -0.05) is 24.3 Å². The summed E-state index contributed by atoms with van der Waals surface area (Å²) in [5.74, 6) is 0. The highest BCUT2D eigenvalue weighted by Gasteiger charge is 2.11. The van der Waals surface area contributed by atoms with Crippen LogP contribution in [0.2, 0.25) is 0 Å². The first kappa shape index (κ1) is 13.5. The maximum Gasteiger partial charge on any atom is 0.0831 e. The number of anilines is 1. The molecule has 1 aromatic carbocycles. The molecule has 0 fully saturated rings. The topological polar surface area (TPSA) is 68.4 Å². The van der Waals surface area contributed by atoms with Gasteiger partial charge in [0.05, 0.1) is 12.7 Å². The molecule has 1 unspecified atom stereocenters. The summed E-state index contributed by atoms with van der Waals surface area (Å²) in [6.45, 7) is 0.537. The number of benzene rings is 1. The number of nitrogen functional groups attached to an aromatic ring is 1. The predicted octanol–water partition coefficient (Wildman–Crippen LogP) is 2.09. The van der Waals surface area contributed by atoms with Gasteiger partial charge in [0.25, 0.3) is 0 Å². The SMILES string of the molecule is COCc1cccc(C(O)Cc2cnccc2N)c1. The lowest BCUT2D eigenvalue weighted by molar-refractivity contribution is 0.175. The Kier molecular flexibility index (Phi) is 4.49. The van der Waals surface area contributed by atoms with Gasteiger partial charge in [-0.3, -0.25) is 4.98 Å². The average molecular weight is 258 g/mol. The molecule has 100 valence electrons. The van der Waals surface area contributed by atoms with Crippen molar-refractivity contribution < 1.29 is 9.84 Å². The van der Waals surface area contributed by atoms with Crippen molar-refractivity contribution in [3.05, 3.63) is 59.4 Å². The third-order valence-electron chi connectivity index (χ3n) is 3.00. The smallest absolute Gasteiger partial charge is 0.0831 e. The summed E-state index contributed by atoms with van der Waals surface area (Å²) in [5, 5.41) is 10.3. The molecule has 19 heavy (non-hydrogen) atoms. The van der Waals surface area contributed by atoms with Gasteiger partial charge in [0.15, 0.2) is 0 Å². The molecule has 0 aliphatic rings. The summed E-state index contributed by atoms with van der Waals surface area (Å²) < 4.78 is 5.09. The maximum absolute atomic E-state index is 10.3. The predicted molar refractivity (Wildman–Crippen MR) is 74.5 cm³/mol. The number of hydrogen-bond acceptors (Lipinski definition) is 4. The number of ether oxygens (including phenoxy) is 1. The molecule has 1 heterocycles. The van der Waals surface area contributed by atoms with Gasteiger partial charge in [-0.05, 0) is 22.8 Å². The van der Waals surface area contributed by atoms with E-state index >= 15 is 0 Å². The van der Waals surface area contributed by atoms with Crippen LogP contribution in [0.1, 0.15) is 22.8 Å². The minimum Gasteiger partial charge on any atom is -0.398 e. The van der Waals surface area contributed by atoms with Gasteiger partial charge >= 0.3 is 0 Å². The van der Waals surface area contributed by atoms with Crippen molar-refractivity contribution >= 4 is 5.69 Å². The lowest BCUT2D eigenvalue weighted by Crippen LogP contribution is -2.05. The Bertz CT molecular complexity index is 543. The molecule has 3 N–H and O–H groups in total. The number of pyridine rings is 1. The highest BCUT2D eigenvalue weighted by Crippen LogP contribution is 2.22. The first-order valence-electron chi connectivity index (χ1n) is 6.15. The molecule has 0 aliphatic heterocycles. The summed E-state index contributed by atoms with van der Waals surface area (Å²) in [6.07, 6.45) is 3.20. The van der Waals surface area contributed by atoms with Crippen molar-refractivity contribution in [2.45, 2.75) is 19.1 Å². The van der Waals surface area contributed by atoms with Crippen LogP contribution in [0, 0.1) is 0 Å². The highest BCUT2D eigenvalue weighted by molar-refractivity contribution is 5.45. The van der Waals surface area contributed by atoms with Gasteiger partial charge in [0.2, 0.25) is 0 Å². The Morgan fingerprint density at radius 1 is 1.37 bits per heavy atom. The van der Waals surface area contributed by atoms with E-state index in [9.17, 15) is 5.11 Å². The molecule has 0 bridgehead atoms. The van der Waals surface area contributed by atoms with E-state index in [0.717, 1.165) is 16.7 Å². The Labute approximate surface area is 112 Å². The van der Waals surface area contributed by atoms with E-state index in [1.165, 1.54) is 0 Å². The van der Waals surface area contributed by atoms with E-state index in [4.69, 9.17) is 10.5 Å². The number of nitrogens with two attached hydrogens (primary N) is 1. The number of aromatic nitrogens is 1. The molecular formula is C15H18N2O2. The molecule has 4 heteroatoms. The third-order valence-corrected chi connectivity index (χ3v) is 3.00. The molecule has 2 rings (SSSR count). The molecule has 0 spiro atoms. The van der Waals surface area contributed by atoms with Crippen LogP contribution in [-0.4, -0.2) is 17.2 Å². The molecule has 4 nitrogen and oxygen atoms in total. The van der Waals surface area contributed by atoms with E-state index in [1.807, 2.05) is 24.3 Å².